The van der Waals surface area contributed by atoms with Crippen molar-refractivity contribution in [1.82, 2.24) is 0 Å². The molecule has 1 fully saturated rings. The van der Waals surface area contributed by atoms with Gasteiger partial charge in [-0.2, -0.15) is 0 Å². The fraction of sp³-hybridized carbons (Fsp3) is 0.500. The molecule has 0 aliphatic carbocycles. The van der Waals surface area contributed by atoms with Gasteiger partial charge in [0.05, 0.1) is 6.61 Å². The monoisotopic (exact) mass is 191 g/mol. The molecule has 14 heavy (non-hydrogen) atoms. The Morgan fingerprint density at radius 2 is 2.14 bits per heavy atom. The van der Waals surface area contributed by atoms with Crippen LogP contribution in [0.4, 0.5) is 0 Å². The van der Waals surface area contributed by atoms with Crippen molar-refractivity contribution in [2.45, 2.75) is 12.3 Å². The molecule has 2 unspecified atom stereocenters. The van der Waals surface area contributed by atoms with Crippen LogP contribution in [0.2, 0.25) is 0 Å². The highest BCUT2D eigenvalue weighted by Gasteiger charge is 2.25. The van der Waals surface area contributed by atoms with Crippen molar-refractivity contribution < 1.29 is 4.74 Å². The predicted octanol–water partition coefficient (Wildman–Crippen LogP) is 1.77. The molecule has 2 N–H and O–H groups in total. The van der Waals surface area contributed by atoms with E-state index >= 15 is 0 Å². The first-order valence-electron chi connectivity index (χ1n) is 5.24. The first-order chi connectivity index (χ1) is 6.92. The van der Waals surface area contributed by atoms with E-state index in [0.29, 0.717) is 11.8 Å². The van der Waals surface area contributed by atoms with Crippen LogP contribution in [-0.4, -0.2) is 19.8 Å². The highest BCUT2D eigenvalue weighted by Crippen LogP contribution is 2.29. The van der Waals surface area contributed by atoms with Crippen LogP contribution in [0.5, 0.6) is 0 Å². The second kappa shape index (κ2) is 4.58. The molecule has 1 saturated heterocycles. The van der Waals surface area contributed by atoms with E-state index in [-0.39, 0.29) is 0 Å². The Labute approximate surface area is 85.1 Å². The Bertz CT molecular complexity index is 267. The van der Waals surface area contributed by atoms with Crippen LogP contribution in [0.3, 0.4) is 0 Å². The number of rotatable bonds is 3. The molecular formula is C12H17NO. The molecule has 0 amide bonds. The number of hydrogen-bond acceptors (Lipinski definition) is 2. The van der Waals surface area contributed by atoms with Gasteiger partial charge in [0.1, 0.15) is 0 Å². The largest absolute Gasteiger partial charge is 0.381 e. The molecule has 1 heterocycles. The second-order valence-corrected chi connectivity index (χ2v) is 3.88. The summed E-state index contributed by atoms with van der Waals surface area (Å²) in [7, 11) is 0. The minimum absolute atomic E-state index is 0.471. The third kappa shape index (κ3) is 1.97. The van der Waals surface area contributed by atoms with Crippen molar-refractivity contribution in [2.24, 2.45) is 11.7 Å². The third-order valence-corrected chi connectivity index (χ3v) is 3.02. The van der Waals surface area contributed by atoms with Gasteiger partial charge in [0, 0.05) is 12.5 Å². The summed E-state index contributed by atoms with van der Waals surface area (Å²) in [5.41, 5.74) is 7.18. The minimum Gasteiger partial charge on any atom is -0.381 e. The van der Waals surface area contributed by atoms with Crippen LogP contribution >= 0.6 is 0 Å². The number of hydrogen-bond donors (Lipinski definition) is 1. The Morgan fingerprint density at radius 1 is 1.36 bits per heavy atom. The Morgan fingerprint density at radius 3 is 2.71 bits per heavy atom. The topological polar surface area (TPSA) is 35.2 Å². The average molecular weight is 191 g/mol. The summed E-state index contributed by atoms with van der Waals surface area (Å²) in [6.07, 6.45) is 1.15. The molecule has 0 spiro atoms. The van der Waals surface area contributed by atoms with E-state index in [1.807, 2.05) is 6.07 Å². The maximum atomic E-state index is 5.83. The first kappa shape index (κ1) is 9.69. The van der Waals surface area contributed by atoms with Gasteiger partial charge in [0.25, 0.3) is 0 Å². The number of nitrogens with two attached hydrogens (primary N) is 1. The first-order valence-corrected chi connectivity index (χ1v) is 5.24. The summed E-state index contributed by atoms with van der Waals surface area (Å²) in [4.78, 5) is 0. The third-order valence-electron chi connectivity index (χ3n) is 3.02. The second-order valence-electron chi connectivity index (χ2n) is 3.88. The van der Waals surface area contributed by atoms with E-state index in [0.717, 1.165) is 26.2 Å². The lowest BCUT2D eigenvalue weighted by atomic mass is 9.86. The quantitative estimate of drug-likeness (QED) is 0.790. The van der Waals surface area contributed by atoms with E-state index < -0.39 is 0 Å². The zero-order chi connectivity index (χ0) is 9.80. The molecule has 2 heteroatoms. The molecule has 76 valence electrons. The zero-order valence-corrected chi connectivity index (χ0v) is 8.36. The van der Waals surface area contributed by atoms with Crippen LogP contribution in [0.15, 0.2) is 30.3 Å². The fourth-order valence-corrected chi connectivity index (χ4v) is 2.17. The molecule has 1 aromatic carbocycles. The summed E-state index contributed by atoms with van der Waals surface area (Å²) < 4.78 is 5.41. The van der Waals surface area contributed by atoms with Gasteiger partial charge in [-0.25, -0.2) is 0 Å². The highest BCUT2D eigenvalue weighted by molar-refractivity contribution is 5.21. The predicted molar refractivity (Wildman–Crippen MR) is 57.2 cm³/mol. The van der Waals surface area contributed by atoms with Crippen molar-refractivity contribution in [2.75, 3.05) is 19.8 Å². The van der Waals surface area contributed by atoms with Crippen LogP contribution in [-0.2, 0) is 4.74 Å². The zero-order valence-electron chi connectivity index (χ0n) is 8.36. The Hall–Kier alpha value is -0.860. The van der Waals surface area contributed by atoms with Gasteiger partial charge in [-0.3, -0.25) is 0 Å². The van der Waals surface area contributed by atoms with Crippen molar-refractivity contribution in [3.05, 3.63) is 35.9 Å². The molecule has 0 bridgehead atoms. The van der Waals surface area contributed by atoms with Gasteiger partial charge in [0.2, 0.25) is 0 Å². The lowest BCUT2D eigenvalue weighted by Gasteiger charge is -2.20. The lowest BCUT2D eigenvalue weighted by Crippen LogP contribution is -2.21. The summed E-state index contributed by atoms with van der Waals surface area (Å²) in [5, 5.41) is 0. The lowest BCUT2D eigenvalue weighted by molar-refractivity contribution is 0.181. The van der Waals surface area contributed by atoms with Crippen molar-refractivity contribution in [3.63, 3.8) is 0 Å². The number of benzene rings is 1. The molecular weight excluding hydrogens is 174 g/mol. The fourth-order valence-electron chi connectivity index (χ4n) is 2.17. The minimum atomic E-state index is 0.471. The molecule has 2 rings (SSSR count). The molecule has 1 aliphatic rings. The molecule has 0 radical (unpaired) electrons. The van der Waals surface area contributed by atoms with E-state index in [1.165, 1.54) is 5.56 Å². The standard InChI is InChI=1S/C12H17NO/c13-8-12(11-6-7-14-9-11)10-4-2-1-3-5-10/h1-5,11-12H,6-9,13H2. The smallest absolute Gasteiger partial charge is 0.0501 e. The summed E-state index contributed by atoms with van der Waals surface area (Å²) in [5.74, 6) is 1.08. The summed E-state index contributed by atoms with van der Waals surface area (Å²) in [6.45, 7) is 2.49. The molecule has 0 saturated carbocycles. The molecule has 2 atom stereocenters. The molecule has 0 aromatic heterocycles. The van der Waals surface area contributed by atoms with Gasteiger partial charge in [-0.1, -0.05) is 30.3 Å². The van der Waals surface area contributed by atoms with Gasteiger partial charge in [-0.15, -0.1) is 0 Å². The van der Waals surface area contributed by atoms with Crippen LogP contribution in [0.25, 0.3) is 0 Å². The van der Waals surface area contributed by atoms with Gasteiger partial charge < -0.3 is 10.5 Å². The average Bonchev–Trinajstić information content (AvgIpc) is 2.74. The summed E-state index contributed by atoms with van der Waals surface area (Å²) in [6, 6.07) is 10.5. The molecule has 1 aliphatic heterocycles. The normalized spacial score (nSPS) is 23.6. The maximum Gasteiger partial charge on any atom is 0.0501 e. The van der Waals surface area contributed by atoms with Gasteiger partial charge in [-0.05, 0) is 24.4 Å². The number of ether oxygens (including phenoxy) is 1. The van der Waals surface area contributed by atoms with E-state index in [9.17, 15) is 0 Å². The highest BCUT2D eigenvalue weighted by atomic mass is 16.5. The Balaban J connectivity index is 2.12. The van der Waals surface area contributed by atoms with E-state index in [2.05, 4.69) is 24.3 Å². The SMILES string of the molecule is NCC(c1ccccc1)C1CCOC1. The van der Waals surface area contributed by atoms with Crippen molar-refractivity contribution in [3.8, 4) is 0 Å². The van der Waals surface area contributed by atoms with Crippen LogP contribution in [0, 0.1) is 5.92 Å². The molecule has 2 nitrogen and oxygen atoms in total. The van der Waals surface area contributed by atoms with E-state index in [1.54, 1.807) is 0 Å². The molecule has 1 aromatic rings. The van der Waals surface area contributed by atoms with Gasteiger partial charge in [0.15, 0.2) is 0 Å². The van der Waals surface area contributed by atoms with Crippen LogP contribution < -0.4 is 5.73 Å². The Kier molecular flexibility index (Phi) is 3.17. The van der Waals surface area contributed by atoms with E-state index in [4.69, 9.17) is 10.5 Å². The van der Waals surface area contributed by atoms with Crippen molar-refractivity contribution >= 4 is 0 Å². The summed E-state index contributed by atoms with van der Waals surface area (Å²) >= 11 is 0. The van der Waals surface area contributed by atoms with Gasteiger partial charge >= 0.3 is 0 Å². The van der Waals surface area contributed by atoms with Crippen LogP contribution in [0.1, 0.15) is 17.9 Å². The maximum absolute atomic E-state index is 5.83. The van der Waals surface area contributed by atoms with Crippen molar-refractivity contribution in [1.29, 1.82) is 0 Å².